The van der Waals surface area contributed by atoms with Crippen LogP contribution in [0.2, 0.25) is 0 Å². The lowest BCUT2D eigenvalue weighted by molar-refractivity contribution is -0.137. The minimum atomic E-state index is -4.36. The Kier molecular flexibility index (Phi) is 4.14. The predicted octanol–water partition coefficient (Wildman–Crippen LogP) is 2.37. The largest absolute Gasteiger partial charge is 0.496 e. The molecule has 0 fully saturated rings. The van der Waals surface area contributed by atoms with Gasteiger partial charge in [-0.25, -0.2) is 0 Å². The molecule has 0 saturated heterocycles. The molecular formula is C10H12F3NO2. The monoisotopic (exact) mass is 235 g/mol. The van der Waals surface area contributed by atoms with E-state index in [1.165, 1.54) is 20.3 Å². The first-order valence-electron chi connectivity index (χ1n) is 4.49. The van der Waals surface area contributed by atoms with Crippen LogP contribution in [-0.4, -0.2) is 14.2 Å². The molecule has 90 valence electrons. The normalized spacial score (nSPS) is 11.6. The average Bonchev–Trinajstić information content (AvgIpc) is 2.24. The van der Waals surface area contributed by atoms with Gasteiger partial charge in [-0.05, 0) is 12.1 Å². The second kappa shape index (κ2) is 5.18. The van der Waals surface area contributed by atoms with E-state index in [1.807, 2.05) is 0 Å². The van der Waals surface area contributed by atoms with Crippen LogP contribution in [-0.2, 0) is 17.6 Å². The third-order valence-electron chi connectivity index (χ3n) is 2.02. The van der Waals surface area contributed by atoms with Crippen molar-refractivity contribution in [1.29, 1.82) is 0 Å². The molecule has 16 heavy (non-hydrogen) atoms. The van der Waals surface area contributed by atoms with Gasteiger partial charge in [0.25, 0.3) is 0 Å². The van der Waals surface area contributed by atoms with Crippen molar-refractivity contribution in [2.24, 2.45) is 0 Å². The number of rotatable bonds is 4. The van der Waals surface area contributed by atoms with Crippen molar-refractivity contribution in [2.75, 3.05) is 14.2 Å². The molecule has 0 atom stereocenters. The molecule has 0 bridgehead atoms. The van der Waals surface area contributed by atoms with Crippen molar-refractivity contribution < 1.29 is 22.7 Å². The summed E-state index contributed by atoms with van der Waals surface area (Å²) in [4.78, 5) is 4.61. The van der Waals surface area contributed by atoms with Gasteiger partial charge in [-0.3, -0.25) is 0 Å². The number of hydrogen-bond acceptors (Lipinski definition) is 3. The van der Waals surface area contributed by atoms with Crippen molar-refractivity contribution >= 4 is 0 Å². The van der Waals surface area contributed by atoms with Gasteiger partial charge in [0, 0.05) is 12.1 Å². The standard InChI is InChI=1S/C10H12F3NO2/c1-15-9-5-8(10(11,12)13)4-3-7(9)6-14-16-2/h3-5,14H,6H2,1-2H3. The zero-order chi connectivity index (χ0) is 12.2. The van der Waals surface area contributed by atoms with Gasteiger partial charge in [-0.1, -0.05) is 6.07 Å². The molecule has 0 aliphatic carbocycles. The Morgan fingerprint density at radius 3 is 2.44 bits per heavy atom. The lowest BCUT2D eigenvalue weighted by Crippen LogP contribution is -2.12. The van der Waals surface area contributed by atoms with Crippen molar-refractivity contribution in [1.82, 2.24) is 5.48 Å². The zero-order valence-electron chi connectivity index (χ0n) is 8.89. The Labute approximate surface area is 91.1 Å². The number of ether oxygens (including phenoxy) is 1. The fraction of sp³-hybridized carbons (Fsp3) is 0.400. The minimum Gasteiger partial charge on any atom is -0.496 e. The number of alkyl halides is 3. The van der Waals surface area contributed by atoms with Crippen LogP contribution < -0.4 is 10.2 Å². The number of nitrogens with one attached hydrogen (secondary N) is 1. The van der Waals surface area contributed by atoms with Crippen molar-refractivity contribution in [3.05, 3.63) is 29.3 Å². The Bertz CT molecular complexity index is 352. The van der Waals surface area contributed by atoms with E-state index in [9.17, 15) is 13.2 Å². The van der Waals surface area contributed by atoms with Gasteiger partial charge >= 0.3 is 6.18 Å². The molecule has 0 aliphatic heterocycles. The van der Waals surface area contributed by atoms with E-state index in [1.54, 1.807) is 0 Å². The van der Waals surface area contributed by atoms with Crippen LogP contribution in [0.15, 0.2) is 18.2 Å². The van der Waals surface area contributed by atoms with Crippen LogP contribution in [0.25, 0.3) is 0 Å². The van der Waals surface area contributed by atoms with E-state index in [2.05, 4.69) is 10.3 Å². The third kappa shape index (κ3) is 3.11. The van der Waals surface area contributed by atoms with Crippen LogP contribution in [0.1, 0.15) is 11.1 Å². The molecule has 6 heteroatoms. The number of hydroxylamine groups is 1. The Hall–Kier alpha value is -1.27. The molecular weight excluding hydrogens is 223 g/mol. The summed E-state index contributed by atoms with van der Waals surface area (Å²) in [6, 6.07) is 3.33. The molecule has 0 aromatic heterocycles. The maximum atomic E-state index is 12.4. The Balaban J connectivity index is 2.97. The second-order valence-corrected chi connectivity index (χ2v) is 3.05. The minimum absolute atomic E-state index is 0.180. The highest BCUT2D eigenvalue weighted by molar-refractivity contribution is 5.38. The smallest absolute Gasteiger partial charge is 0.416 e. The highest BCUT2D eigenvalue weighted by atomic mass is 19.4. The maximum Gasteiger partial charge on any atom is 0.416 e. The van der Waals surface area contributed by atoms with E-state index >= 15 is 0 Å². The second-order valence-electron chi connectivity index (χ2n) is 3.05. The summed E-state index contributed by atoms with van der Waals surface area (Å²) >= 11 is 0. The highest BCUT2D eigenvalue weighted by Crippen LogP contribution is 2.32. The lowest BCUT2D eigenvalue weighted by atomic mass is 10.1. The topological polar surface area (TPSA) is 30.5 Å². The molecule has 0 saturated carbocycles. The molecule has 0 radical (unpaired) electrons. The first kappa shape index (κ1) is 12.8. The van der Waals surface area contributed by atoms with E-state index < -0.39 is 11.7 Å². The zero-order valence-corrected chi connectivity index (χ0v) is 8.89. The molecule has 1 rings (SSSR count). The van der Waals surface area contributed by atoms with Gasteiger partial charge in [0.2, 0.25) is 0 Å². The summed E-state index contributed by atoms with van der Waals surface area (Å²) in [6.07, 6.45) is -4.36. The van der Waals surface area contributed by atoms with Crippen LogP contribution in [0.5, 0.6) is 5.75 Å². The highest BCUT2D eigenvalue weighted by Gasteiger charge is 2.31. The van der Waals surface area contributed by atoms with E-state index in [0.717, 1.165) is 12.1 Å². The van der Waals surface area contributed by atoms with E-state index in [0.29, 0.717) is 5.56 Å². The van der Waals surface area contributed by atoms with Gasteiger partial charge in [-0.15, -0.1) is 0 Å². The lowest BCUT2D eigenvalue weighted by Gasteiger charge is -2.12. The maximum absolute atomic E-state index is 12.4. The molecule has 1 aromatic carbocycles. The van der Waals surface area contributed by atoms with Crippen LogP contribution in [0.3, 0.4) is 0 Å². The van der Waals surface area contributed by atoms with Gasteiger partial charge in [0.15, 0.2) is 0 Å². The molecule has 0 amide bonds. The SMILES string of the molecule is CONCc1ccc(C(F)(F)F)cc1OC. The Morgan fingerprint density at radius 1 is 1.25 bits per heavy atom. The van der Waals surface area contributed by atoms with Gasteiger partial charge < -0.3 is 9.57 Å². The number of benzene rings is 1. The van der Waals surface area contributed by atoms with Crippen molar-refractivity contribution in [3.63, 3.8) is 0 Å². The summed E-state index contributed by atoms with van der Waals surface area (Å²) in [6.45, 7) is 0.276. The molecule has 3 nitrogen and oxygen atoms in total. The van der Waals surface area contributed by atoms with E-state index in [-0.39, 0.29) is 12.3 Å². The van der Waals surface area contributed by atoms with Gasteiger partial charge in [-0.2, -0.15) is 18.7 Å². The average molecular weight is 235 g/mol. The molecule has 1 aromatic rings. The fourth-order valence-corrected chi connectivity index (χ4v) is 1.22. The van der Waals surface area contributed by atoms with E-state index in [4.69, 9.17) is 4.74 Å². The molecule has 0 unspecified atom stereocenters. The van der Waals surface area contributed by atoms with Gasteiger partial charge in [0.05, 0.1) is 19.8 Å². The van der Waals surface area contributed by atoms with Crippen molar-refractivity contribution in [3.8, 4) is 5.75 Å². The van der Waals surface area contributed by atoms with Crippen molar-refractivity contribution in [2.45, 2.75) is 12.7 Å². The summed E-state index contributed by atoms with van der Waals surface area (Å²) in [5.41, 5.74) is 2.40. The fourth-order valence-electron chi connectivity index (χ4n) is 1.22. The summed E-state index contributed by atoms with van der Waals surface area (Å²) in [5, 5.41) is 0. The Morgan fingerprint density at radius 2 is 1.94 bits per heavy atom. The van der Waals surface area contributed by atoms with Crippen LogP contribution >= 0.6 is 0 Å². The molecule has 0 aliphatic rings. The third-order valence-corrected chi connectivity index (χ3v) is 2.02. The quantitative estimate of drug-likeness (QED) is 0.813. The summed E-state index contributed by atoms with van der Waals surface area (Å²) < 4.78 is 42.1. The molecule has 1 N–H and O–H groups in total. The first-order valence-corrected chi connectivity index (χ1v) is 4.49. The molecule has 0 spiro atoms. The first-order chi connectivity index (χ1) is 7.49. The number of hydrogen-bond donors (Lipinski definition) is 1. The molecule has 0 heterocycles. The number of methoxy groups -OCH3 is 1. The summed E-state index contributed by atoms with van der Waals surface area (Å²) in [7, 11) is 2.75. The van der Waals surface area contributed by atoms with Gasteiger partial charge in [0.1, 0.15) is 5.75 Å². The summed E-state index contributed by atoms with van der Waals surface area (Å²) in [5.74, 6) is 0.180. The predicted molar refractivity (Wildman–Crippen MR) is 51.8 cm³/mol. The number of halogens is 3. The van der Waals surface area contributed by atoms with Crippen LogP contribution in [0.4, 0.5) is 13.2 Å². The van der Waals surface area contributed by atoms with Crippen LogP contribution in [0, 0.1) is 0 Å².